The van der Waals surface area contributed by atoms with Gasteiger partial charge < -0.3 is 15.4 Å². The number of carbonyl (C=O) groups is 1. The van der Waals surface area contributed by atoms with Gasteiger partial charge in [-0.05, 0) is 13.0 Å². The van der Waals surface area contributed by atoms with Crippen LogP contribution in [0.25, 0.3) is 0 Å². The minimum atomic E-state index is 0. The molecule has 0 aromatic heterocycles. The molecule has 0 spiro atoms. The van der Waals surface area contributed by atoms with Crippen molar-refractivity contribution in [1.29, 1.82) is 0 Å². The summed E-state index contributed by atoms with van der Waals surface area (Å²) >= 11 is 0. The van der Waals surface area contributed by atoms with Gasteiger partial charge in [-0.25, -0.2) is 0 Å². The van der Waals surface area contributed by atoms with Crippen molar-refractivity contribution in [3.8, 4) is 5.75 Å². The first-order valence-electron chi connectivity index (χ1n) is 6.00. The van der Waals surface area contributed by atoms with E-state index in [9.17, 15) is 4.79 Å². The van der Waals surface area contributed by atoms with E-state index in [1.807, 2.05) is 31.2 Å². The third kappa shape index (κ3) is 3.62. The molecule has 1 saturated heterocycles. The number of benzene rings is 1. The summed E-state index contributed by atoms with van der Waals surface area (Å²) in [7, 11) is 0. The maximum Gasteiger partial charge on any atom is 0.225 e. The van der Waals surface area contributed by atoms with E-state index >= 15 is 0 Å². The lowest BCUT2D eigenvalue weighted by Gasteiger charge is -2.25. The van der Waals surface area contributed by atoms with Crippen LogP contribution >= 0.6 is 12.4 Å². The van der Waals surface area contributed by atoms with Crippen LogP contribution in [-0.4, -0.2) is 25.6 Å². The van der Waals surface area contributed by atoms with Gasteiger partial charge in [0, 0.05) is 25.2 Å². The SMILES string of the molecule is CCOc1ccccc1CNC(=O)C1CNC1.Cl. The molecule has 0 aliphatic carbocycles. The van der Waals surface area contributed by atoms with Crippen LogP contribution in [0, 0.1) is 5.92 Å². The molecule has 1 aromatic rings. The number of halogens is 1. The quantitative estimate of drug-likeness (QED) is 0.849. The van der Waals surface area contributed by atoms with Crippen molar-refractivity contribution in [2.24, 2.45) is 5.92 Å². The summed E-state index contributed by atoms with van der Waals surface area (Å²) in [5, 5.41) is 6.03. The first-order chi connectivity index (χ1) is 8.31. The highest BCUT2D eigenvalue weighted by molar-refractivity contribution is 5.85. The molecule has 0 unspecified atom stereocenters. The number of hydrogen-bond donors (Lipinski definition) is 2. The Morgan fingerprint density at radius 3 is 2.78 bits per heavy atom. The largest absolute Gasteiger partial charge is 0.494 e. The Labute approximate surface area is 114 Å². The molecule has 0 radical (unpaired) electrons. The Hall–Kier alpha value is -1.26. The van der Waals surface area contributed by atoms with Crippen LogP contribution in [0.2, 0.25) is 0 Å². The van der Waals surface area contributed by atoms with Crippen LogP contribution in [0.1, 0.15) is 12.5 Å². The highest BCUT2D eigenvalue weighted by Crippen LogP contribution is 2.17. The maximum atomic E-state index is 11.7. The molecular weight excluding hydrogens is 252 g/mol. The van der Waals surface area contributed by atoms with Gasteiger partial charge in [-0.1, -0.05) is 18.2 Å². The summed E-state index contributed by atoms with van der Waals surface area (Å²) in [4.78, 5) is 11.7. The summed E-state index contributed by atoms with van der Waals surface area (Å²) in [6.45, 7) is 4.70. The standard InChI is InChI=1S/C13H18N2O2.ClH/c1-2-17-12-6-4-3-5-10(12)9-15-13(16)11-7-14-8-11;/h3-6,11,14H,2,7-9H2,1H3,(H,15,16);1H. The lowest BCUT2D eigenvalue weighted by molar-refractivity contribution is -0.126. The number of ether oxygens (including phenoxy) is 1. The van der Waals surface area contributed by atoms with Crippen molar-refractivity contribution in [1.82, 2.24) is 10.6 Å². The second-order valence-electron chi connectivity index (χ2n) is 4.11. The number of hydrogen-bond acceptors (Lipinski definition) is 3. The number of amides is 1. The average Bonchev–Trinajstić information content (AvgIpc) is 2.26. The summed E-state index contributed by atoms with van der Waals surface area (Å²) in [6.07, 6.45) is 0. The van der Waals surface area contributed by atoms with Crippen LogP contribution in [-0.2, 0) is 11.3 Å². The molecule has 0 saturated carbocycles. The number of para-hydroxylation sites is 1. The van der Waals surface area contributed by atoms with Gasteiger partial charge in [-0.3, -0.25) is 4.79 Å². The number of nitrogens with one attached hydrogen (secondary N) is 2. The van der Waals surface area contributed by atoms with Crippen LogP contribution in [0.3, 0.4) is 0 Å². The lowest BCUT2D eigenvalue weighted by atomic mass is 10.0. The molecule has 18 heavy (non-hydrogen) atoms. The summed E-state index contributed by atoms with van der Waals surface area (Å²) in [5.41, 5.74) is 1.02. The molecule has 1 aliphatic rings. The lowest BCUT2D eigenvalue weighted by Crippen LogP contribution is -2.50. The Bertz CT molecular complexity index is 394. The highest BCUT2D eigenvalue weighted by Gasteiger charge is 2.24. The van der Waals surface area contributed by atoms with Gasteiger partial charge in [-0.15, -0.1) is 12.4 Å². The summed E-state index contributed by atoms with van der Waals surface area (Å²) in [6, 6.07) is 7.79. The van der Waals surface area contributed by atoms with E-state index < -0.39 is 0 Å². The fourth-order valence-corrected chi connectivity index (χ4v) is 1.75. The van der Waals surface area contributed by atoms with E-state index in [0.29, 0.717) is 13.2 Å². The molecule has 0 bridgehead atoms. The van der Waals surface area contributed by atoms with Crippen LogP contribution < -0.4 is 15.4 Å². The van der Waals surface area contributed by atoms with E-state index in [4.69, 9.17) is 4.74 Å². The molecule has 1 fully saturated rings. The van der Waals surface area contributed by atoms with Gasteiger partial charge in [0.25, 0.3) is 0 Å². The first kappa shape index (κ1) is 14.8. The van der Waals surface area contributed by atoms with Crippen LogP contribution in [0.4, 0.5) is 0 Å². The zero-order valence-electron chi connectivity index (χ0n) is 10.4. The van der Waals surface area contributed by atoms with Gasteiger partial charge in [0.05, 0.1) is 12.5 Å². The second kappa shape index (κ2) is 7.24. The van der Waals surface area contributed by atoms with Crippen LogP contribution in [0.15, 0.2) is 24.3 Å². The molecule has 100 valence electrons. The van der Waals surface area contributed by atoms with Crippen molar-refractivity contribution in [2.45, 2.75) is 13.5 Å². The van der Waals surface area contributed by atoms with Crippen molar-refractivity contribution >= 4 is 18.3 Å². The van der Waals surface area contributed by atoms with Crippen molar-refractivity contribution < 1.29 is 9.53 Å². The maximum absolute atomic E-state index is 11.7. The second-order valence-corrected chi connectivity index (χ2v) is 4.11. The Kier molecular flexibility index (Phi) is 5.95. The molecule has 2 N–H and O–H groups in total. The molecule has 2 rings (SSSR count). The molecule has 0 atom stereocenters. The van der Waals surface area contributed by atoms with Crippen molar-refractivity contribution in [3.63, 3.8) is 0 Å². The Morgan fingerprint density at radius 1 is 1.44 bits per heavy atom. The third-order valence-electron chi connectivity index (χ3n) is 2.88. The molecule has 1 aromatic carbocycles. The highest BCUT2D eigenvalue weighted by atomic mass is 35.5. The molecular formula is C13H19ClN2O2. The van der Waals surface area contributed by atoms with Crippen LogP contribution in [0.5, 0.6) is 5.75 Å². The predicted molar refractivity (Wildman–Crippen MR) is 73.1 cm³/mol. The smallest absolute Gasteiger partial charge is 0.225 e. The van der Waals surface area contributed by atoms with E-state index in [1.54, 1.807) is 0 Å². The van der Waals surface area contributed by atoms with Gasteiger partial charge in [0.15, 0.2) is 0 Å². The molecule has 5 heteroatoms. The van der Waals surface area contributed by atoms with Gasteiger partial charge in [0.2, 0.25) is 5.91 Å². The minimum absolute atomic E-state index is 0. The van der Waals surface area contributed by atoms with Gasteiger partial charge >= 0.3 is 0 Å². The van der Waals surface area contributed by atoms with Gasteiger partial charge in [0.1, 0.15) is 5.75 Å². The first-order valence-corrected chi connectivity index (χ1v) is 6.00. The van der Waals surface area contributed by atoms with Crippen molar-refractivity contribution in [3.05, 3.63) is 29.8 Å². The van der Waals surface area contributed by atoms with Crippen molar-refractivity contribution in [2.75, 3.05) is 19.7 Å². The third-order valence-corrected chi connectivity index (χ3v) is 2.88. The van der Waals surface area contributed by atoms with E-state index in [0.717, 1.165) is 24.4 Å². The number of rotatable bonds is 5. The summed E-state index contributed by atoms with van der Waals surface area (Å²) in [5.74, 6) is 1.10. The van der Waals surface area contributed by atoms with E-state index in [1.165, 1.54) is 0 Å². The van der Waals surface area contributed by atoms with E-state index in [-0.39, 0.29) is 24.2 Å². The average molecular weight is 271 g/mol. The zero-order valence-corrected chi connectivity index (χ0v) is 11.3. The fraction of sp³-hybridized carbons (Fsp3) is 0.462. The zero-order chi connectivity index (χ0) is 12.1. The Morgan fingerprint density at radius 2 is 2.17 bits per heavy atom. The van der Waals surface area contributed by atoms with E-state index in [2.05, 4.69) is 10.6 Å². The monoisotopic (exact) mass is 270 g/mol. The predicted octanol–water partition coefficient (Wildman–Crippen LogP) is 1.34. The topological polar surface area (TPSA) is 50.4 Å². The minimum Gasteiger partial charge on any atom is -0.494 e. The number of carbonyl (C=O) groups excluding carboxylic acids is 1. The molecule has 1 aliphatic heterocycles. The Balaban J connectivity index is 0.00000162. The molecule has 1 amide bonds. The molecule has 4 nitrogen and oxygen atoms in total. The normalized spacial score (nSPS) is 14.3. The molecule has 1 heterocycles. The van der Waals surface area contributed by atoms with Gasteiger partial charge in [-0.2, -0.15) is 0 Å². The fourth-order valence-electron chi connectivity index (χ4n) is 1.75. The summed E-state index contributed by atoms with van der Waals surface area (Å²) < 4.78 is 5.51.